The number of nitrogens with zero attached hydrogens (tertiary/aromatic N) is 3. The Morgan fingerprint density at radius 1 is 1.10 bits per heavy atom. The average molecular weight is 289 g/mol. The van der Waals surface area contributed by atoms with E-state index in [2.05, 4.69) is 16.2 Å². The summed E-state index contributed by atoms with van der Waals surface area (Å²) in [5, 5.41) is 4.31. The maximum atomic E-state index is 13.0. The van der Waals surface area contributed by atoms with Crippen LogP contribution in [0, 0.1) is 5.92 Å². The summed E-state index contributed by atoms with van der Waals surface area (Å²) in [7, 11) is 1.95. The molecule has 1 atom stereocenters. The quantitative estimate of drug-likeness (QED) is 0.836. The van der Waals surface area contributed by atoms with Gasteiger partial charge in [-0.3, -0.25) is 9.48 Å². The van der Waals surface area contributed by atoms with Crippen LogP contribution in [0.3, 0.4) is 0 Å². The van der Waals surface area contributed by atoms with E-state index in [1.54, 1.807) is 0 Å². The van der Waals surface area contributed by atoms with Gasteiger partial charge >= 0.3 is 0 Å². The summed E-state index contributed by atoms with van der Waals surface area (Å²) in [6.07, 6.45) is 14.6. The number of hydrogen-bond acceptors (Lipinski definition) is 2. The predicted molar refractivity (Wildman–Crippen MR) is 82.7 cm³/mol. The maximum absolute atomic E-state index is 13.0. The Morgan fingerprint density at radius 3 is 2.52 bits per heavy atom. The van der Waals surface area contributed by atoms with Gasteiger partial charge in [-0.2, -0.15) is 5.10 Å². The first kappa shape index (κ1) is 14.6. The molecule has 4 nitrogen and oxygen atoms in total. The summed E-state index contributed by atoms with van der Waals surface area (Å²) < 4.78 is 1.85. The van der Waals surface area contributed by atoms with E-state index in [9.17, 15) is 4.79 Å². The largest absolute Gasteiger partial charge is 0.335 e. The molecule has 2 aliphatic rings. The number of carbonyl (C=O) groups excluding carboxylic acids is 1. The van der Waals surface area contributed by atoms with Crippen molar-refractivity contribution in [2.75, 3.05) is 6.54 Å². The van der Waals surface area contributed by atoms with Gasteiger partial charge in [-0.25, -0.2) is 0 Å². The number of aryl methyl sites for hydroxylation is 1. The van der Waals surface area contributed by atoms with E-state index in [0.717, 1.165) is 32.2 Å². The van der Waals surface area contributed by atoms with Crippen molar-refractivity contribution in [3.8, 4) is 0 Å². The van der Waals surface area contributed by atoms with Gasteiger partial charge in [-0.15, -0.1) is 0 Å². The molecule has 1 amide bonds. The first-order chi connectivity index (χ1) is 10.3. The summed E-state index contributed by atoms with van der Waals surface area (Å²) in [6, 6.07) is 0.246. The van der Waals surface area contributed by atoms with Crippen LogP contribution in [-0.2, 0) is 11.8 Å². The fourth-order valence-electron chi connectivity index (χ4n) is 3.91. The van der Waals surface area contributed by atoms with Gasteiger partial charge in [0.1, 0.15) is 0 Å². The lowest BCUT2D eigenvalue weighted by atomic mass is 9.87. The van der Waals surface area contributed by atoms with Crippen LogP contribution in [-0.4, -0.2) is 27.1 Å². The zero-order chi connectivity index (χ0) is 14.7. The Balaban J connectivity index is 1.79. The van der Waals surface area contributed by atoms with Crippen molar-refractivity contribution < 1.29 is 4.79 Å². The lowest BCUT2D eigenvalue weighted by Gasteiger charge is -2.34. The summed E-state index contributed by atoms with van der Waals surface area (Å²) >= 11 is 0. The number of rotatable bonds is 2. The third-order valence-corrected chi connectivity index (χ3v) is 5.10. The highest BCUT2D eigenvalue weighted by Gasteiger charge is 2.32. The molecule has 0 radical (unpaired) electrons. The smallest absolute Gasteiger partial charge is 0.226 e. The molecule has 0 bridgehead atoms. The second-order valence-corrected chi connectivity index (χ2v) is 6.68. The molecule has 1 aromatic rings. The summed E-state index contributed by atoms with van der Waals surface area (Å²) in [6.45, 7) is 0.925. The molecular formula is C17H27N3O. The fraction of sp³-hybridized carbons (Fsp3) is 0.765. The van der Waals surface area contributed by atoms with Gasteiger partial charge in [-0.1, -0.05) is 32.1 Å². The van der Waals surface area contributed by atoms with E-state index < -0.39 is 0 Å². The van der Waals surface area contributed by atoms with Crippen molar-refractivity contribution in [2.24, 2.45) is 13.0 Å². The molecule has 2 heterocycles. The van der Waals surface area contributed by atoms with Crippen molar-refractivity contribution in [3.05, 3.63) is 18.0 Å². The minimum absolute atomic E-state index is 0.246. The normalized spacial score (nSPS) is 24.8. The molecular weight excluding hydrogens is 262 g/mol. The van der Waals surface area contributed by atoms with Crippen LogP contribution in [0.4, 0.5) is 0 Å². The fourth-order valence-corrected chi connectivity index (χ4v) is 3.91. The molecule has 4 heteroatoms. The van der Waals surface area contributed by atoms with Crippen molar-refractivity contribution in [1.82, 2.24) is 14.7 Å². The summed E-state index contributed by atoms with van der Waals surface area (Å²) in [5.41, 5.74) is 1.21. The van der Waals surface area contributed by atoms with Gasteiger partial charge in [0.05, 0.1) is 12.2 Å². The van der Waals surface area contributed by atoms with Crippen LogP contribution >= 0.6 is 0 Å². The molecule has 0 unspecified atom stereocenters. The minimum Gasteiger partial charge on any atom is -0.335 e. The first-order valence-corrected chi connectivity index (χ1v) is 8.55. The minimum atomic E-state index is 0.246. The summed E-state index contributed by atoms with van der Waals surface area (Å²) in [4.78, 5) is 15.2. The standard InChI is InChI=1S/C17H27N3O/c1-19-13-15(12-18-19)16-10-6-3-7-11-20(16)17(21)14-8-4-2-5-9-14/h12-14,16H,2-11H2,1H3/t16-/m1/s1. The number of likely N-dealkylation sites (tertiary alicyclic amines) is 1. The van der Waals surface area contributed by atoms with E-state index >= 15 is 0 Å². The molecule has 21 heavy (non-hydrogen) atoms. The third kappa shape index (κ3) is 3.30. The highest BCUT2D eigenvalue weighted by molar-refractivity contribution is 5.79. The van der Waals surface area contributed by atoms with Crippen LogP contribution in [0.2, 0.25) is 0 Å². The third-order valence-electron chi connectivity index (χ3n) is 5.10. The second-order valence-electron chi connectivity index (χ2n) is 6.68. The van der Waals surface area contributed by atoms with Gasteiger partial charge in [0.2, 0.25) is 5.91 Å². The molecule has 2 fully saturated rings. The highest BCUT2D eigenvalue weighted by Crippen LogP contribution is 2.34. The van der Waals surface area contributed by atoms with Crippen molar-refractivity contribution >= 4 is 5.91 Å². The molecule has 1 saturated heterocycles. The van der Waals surface area contributed by atoms with Crippen molar-refractivity contribution in [2.45, 2.75) is 63.8 Å². The Kier molecular flexibility index (Phi) is 4.61. The first-order valence-electron chi connectivity index (χ1n) is 8.55. The van der Waals surface area contributed by atoms with Gasteiger partial charge in [0.15, 0.2) is 0 Å². The van der Waals surface area contributed by atoms with E-state index in [1.807, 2.05) is 17.9 Å². The molecule has 1 aromatic heterocycles. The number of aromatic nitrogens is 2. The van der Waals surface area contributed by atoms with E-state index in [1.165, 1.54) is 37.7 Å². The van der Waals surface area contributed by atoms with Crippen molar-refractivity contribution in [1.29, 1.82) is 0 Å². The van der Waals surface area contributed by atoms with Crippen LogP contribution in [0.1, 0.15) is 69.4 Å². The van der Waals surface area contributed by atoms with Gasteiger partial charge in [0, 0.05) is 31.3 Å². The molecule has 0 spiro atoms. The number of amides is 1. The number of hydrogen-bond donors (Lipinski definition) is 0. The molecule has 0 N–H and O–H groups in total. The van der Waals surface area contributed by atoms with E-state index in [-0.39, 0.29) is 12.0 Å². The monoisotopic (exact) mass is 289 g/mol. The topological polar surface area (TPSA) is 38.1 Å². The van der Waals surface area contributed by atoms with Gasteiger partial charge in [-0.05, 0) is 25.7 Å². The Hall–Kier alpha value is -1.32. The van der Waals surface area contributed by atoms with E-state index in [0.29, 0.717) is 5.91 Å². The van der Waals surface area contributed by atoms with Crippen LogP contribution in [0.5, 0.6) is 0 Å². The molecule has 1 aliphatic heterocycles. The van der Waals surface area contributed by atoms with Crippen LogP contribution < -0.4 is 0 Å². The molecule has 3 rings (SSSR count). The number of carbonyl (C=O) groups is 1. The van der Waals surface area contributed by atoms with Crippen LogP contribution in [0.25, 0.3) is 0 Å². The maximum Gasteiger partial charge on any atom is 0.226 e. The Morgan fingerprint density at radius 2 is 1.81 bits per heavy atom. The lowest BCUT2D eigenvalue weighted by molar-refractivity contribution is -0.139. The predicted octanol–water partition coefficient (Wildman–Crippen LogP) is 3.44. The molecule has 1 aliphatic carbocycles. The molecule has 116 valence electrons. The lowest BCUT2D eigenvalue weighted by Crippen LogP contribution is -2.39. The van der Waals surface area contributed by atoms with Gasteiger partial charge in [0.25, 0.3) is 0 Å². The van der Waals surface area contributed by atoms with Crippen LogP contribution in [0.15, 0.2) is 12.4 Å². The Labute approximate surface area is 127 Å². The Bertz CT molecular complexity index is 476. The van der Waals surface area contributed by atoms with Gasteiger partial charge < -0.3 is 4.90 Å². The average Bonchev–Trinajstić information content (AvgIpc) is 2.80. The second kappa shape index (κ2) is 6.63. The molecule has 0 aromatic carbocycles. The van der Waals surface area contributed by atoms with Crippen molar-refractivity contribution in [3.63, 3.8) is 0 Å². The van der Waals surface area contributed by atoms with E-state index in [4.69, 9.17) is 0 Å². The SMILES string of the molecule is Cn1cc([C@H]2CCCCCN2C(=O)C2CCCCC2)cn1. The molecule has 1 saturated carbocycles. The zero-order valence-electron chi connectivity index (χ0n) is 13.1. The summed E-state index contributed by atoms with van der Waals surface area (Å²) in [5.74, 6) is 0.682. The zero-order valence-corrected chi connectivity index (χ0v) is 13.1. The highest BCUT2D eigenvalue weighted by atomic mass is 16.2.